The van der Waals surface area contributed by atoms with Crippen molar-refractivity contribution >= 4 is 0 Å². The quantitative estimate of drug-likeness (QED) is 0.179. The third-order valence-electron chi connectivity index (χ3n) is 8.93. The molecule has 0 unspecified atom stereocenters. The number of hydrogen-bond acceptors (Lipinski definition) is 9. The van der Waals surface area contributed by atoms with Crippen LogP contribution >= 0.6 is 0 Å². The van der Waals surface area contributed by atoms with Crippen molar-refractivity contribution in [3.63, 3.8) is 0 Å². The van der Waals surface area contributed by atoms with Gasteiger partial charge >= 0.3 is 0 Å². The van der Waals surface area contributed by atoms with Crippen molar-refractivity contribution < 1.29 is 43.4 Å². The SMILES string of the molecule is C[C@@H]1O[C@@H](O[C@@H]2[C@@H](OCc3ccccc3)[C@H](C)O[C@@H](O)[C@@H]2OCc2ccccc2)[C@H](OCc2ccccc2)[C@H](O)[C@H]1OCc1ccccc1. The zero-order valence-corrected chi connectivity index (χ0v) is 27.9. The minimum atomic E-state index is -1.31. The van der Waals surface area contributed by atoms with E-state index in [9.17, 15) is 10.2 Å². The highest BCUT2D eigenvalue weighted by molar-refractivity contribution is 5.16. The first-order valence-electron chi connectivity index (χ1n) is 16.9. The van der Waals surface area contributed by atoms with E-state index < -0.39 is 61.4 Å². The molecule has 0 aromatic heterocycles. The van der Waals surface area contributed by atoms with Crippen molar-refractivity contribution in [2.24, 2.45) is 0 Å². The molecule has 0 spiro atoms. The Bertz CT molecular complexity index is 1450. The Morgan fingerprint density at radius 2 is 0.816 bits per heavy atom. The summed E-state index contributed by atoms with van der Waals surface area (Å²) in [6.45, 7) is 4.67. The van der Waals surface area contributed by atoms with E-state index in [1.807, 2.05) is 135 Å². The van der Waals surface area contributed by atoms with Crippen LogP contribution in [0.4, 0.5) is 0 Å². The Balaban J connectivity index is 1.26. The molecule has 0 saturated carbocycles. The highest BCUT2D eigenvalue weighted by Gasteiger charge is 2.52. The van der Waals surface area contributed by atoms with Gasteiger partial charge in [-0.2, -0.15) is 0 Å². The molecule has 0 aliphatic carbocycles. The van der Waals surface area contributed by atoms with Crippen molar-refractivity contribution in [2.75, 3.05) is 0 Å². The molecular weight excluding hydrogens is 624 g/mol. The largest absolute Gasteiger partial charge is 0.387 e. The van der Waals surface area contributed by atoms with Gasteiger partial charge in [0.15, 0.2) is 12.6 Å². The molecule has 9 nitrogen and oxygen atoms in total. The summed E-state index contributed by atoms with van der Waals surface area (Å²) in [6.07, 6.45) is -8.71. The van der Waals surface area contributed by atoms with Crippen LogP contribution in [0.3, 0.4) is 0 Å². The Hall–Kier alpha value is -3.48. The smallest absolute Gasteiger partial charge is 0.187 e. The van der Waals surface area contributed by atoms with Crippen LogP contribution in [-0.2, 0) is 59.6 Å². The number of hydrogen-bond donors (Lipinski definition) is 2. The lowest BCUT2D eigenvalue weighted by Gasteiger charge is -2.48. The molecule has 10 atom stereocenters. The number of ether oxygens (including phenoxy) is 7. The molecule has 9 heteroatoms. The maximum atomic E-state index is 11.8. The van der Waals surface area contributed by atoms with Gasteiger partial charge < -0.3 is 43.4 Å². The molecule has 2 fully saturated rings. The van der Waals surface area contributed by atoms with Crippen molar-refractivity contribution in [2.45, 2.75) is 102 Å². The molecule has 6 rings (SSSR count). The molecule has 0 radical (unpaired) electrons. The average molecular weight is 671 g/mol. The predicted molar refractivity (Wildman–Crippen MR) is 182 cm³/mol. The molecule has 0 amide bonds. The third-order valence-corrected chi connectivity index (χ3v) is 8.93. The van der Waals surface area contributed by atoms with Crippen LogP contribution < -0.4 is 0 Å². The second kappa shape index (κ2) is 17.4. The van der Waals surface area contributed by atoms with Gasteiger partial charge in [-0.25, -0.2) is 0 Å². The zero-order chi connectivity index (χ0) is 34.0. The van der Waals surface area contributed by atoms with Crippen LogP contribution in [0, 0.1) is 0 Å². The lowest BCUT2D eigenvalue weighted by Crippen LogP contribution is -2.64. The first-order valence-corrected chi connectivity index (χ1v) is 16.9. The Kier molecular flexibility index (Phi) is 12.6. The Morgan fingerprint density at radius 1 is 0.449 bits per heavy atom. The van der Waals surface area contributed by atoms with Crippen LogP contribution in [0.25, 0.3) is 0 Å². The fraction of sp³-hybridized carbons (Fsp3) is 0.400. The summed E-state index contributed by atoms with van der Waals surface area (Å²) in [4.78, 5) is 0. The van der Waals surface area contributed by atoms with Crippen molar-refractivity contribution in [3.8, 4) is 0 Å². The summed E-state index contributed by atoms with van der Waals surface area (Å²) in [5.41, 5.74) is 3.80. The monoisotopic (exact) mass is 670 g/mol. The van der Waals surface area contributed by atoms with Gasteiger partial charge in [0.2, 0.25) is 0 Å². The highest BCUT2D eigenvalue weighted by Crippen LogP contribution is 2.34. The molecule has 4 aromatic carbocycles. The van der Waals surface area contributed by atoms with Gasteiger partial charge in [-0.1, -0.05) is 121 Å². The summed E-state index contributed by atoms with van der Waals surface area (Å²) in [6, 6.07) is 39.0. The van der Waals surface area contributed by atoms with Gasteiger partial charge in [-0.15, -0.1) is 0 Å². The van der Waals surface area contributed by atoms with E-state index in [-0.39, 0.29) is 19.8 Å². The minimum Gasteiger partial charge on any atom is -0.387 e. The maximum absolute atomic E-state index is 11.8. The summed E-state index contributed by atoms with van der Waals surface area (Å²) in [7, 11) is 0. The molecule has 0 bridgehead atoms. The number of benzene rings is 4. The highest BCUT2D eigenvalue weighted by atomic mass is 16.7. The predicted octanol–water partition coefficient (Wildman–Crippen LogP) is 5.56. The third kappa shape index (κ3) is 9.40. The number of aliphatic hydroxyl groups excluding tert-OH is 2. The summed E-state index contributed by atoms with van der Waals surface area (Å²) in [5, 5.41) is 23.1. The van der Waals surface area contributed by atoms with Crippen LogP contribution in [0.1, 0.15) is 36.1 Å². The zero-order valence-electron chi connectivity index (χ0n) is 27.9. The van der Waals surface area contributed by atoms with Crippen LogP contribution in [0.15, 0.2) is 121 Å². The van der Waals surface area contributed by atoms with E-state index in [1.54, 1.807) is 0 Å². The van der Waals surface area contributed by atoms with Gasteiger partial charge in [0, 0.05) is 0 Å². The van der Waals surface area contributed by atoms with Crippen LogP contribution in [0.5, 0.6) is 0 Å². The first kappa shape index (κ1) is 35.3. The summed E-state index contributed by atoms with van der Waals surface area (Å²) >= 11 is 0. The van der Waals surface area contributed by atoms with Gasteiger partial charge in [0.25, 0.3) is 0 Å². The maximum Gasteiger partial charge on any atom is 0.187 e. The minimum absolute atomic E-state index is 0.208. The van der Waals surface area contributed by atoms with E-state index in [0.717, 1.165) is 22.3 Å². The molecular formula is C40H46O9. The van der Waals surface area contributed by atoms with Crippen molar-refractivity contribution in [1.29, 1.82) is 0 Å². The summed E-state index contributed by atoms with van der Waals surface area (Å²) in [5.74, 6) is 0. The van der Waals surface area contributed by atoms with E-state index in [2.05, 4.69) is 0 Å². The molecule has 2 aliphatic heterocycles. The van der Waals surface area contributed by atoms with E-state index in [0.29, 0.717) is 6.61 Å². The topological polar surface area (TPSA) is 105 Å². The van der Waals surface area contributed by atoms with Crippen LogP contribution in [-0.4, -0.2) is 71.6 Å². The summed E-state index contributed by atoms with van der Waals surface area (Å²) < 4.78 is 44.7. The number of rotatable bonds is 14. The second-order valence-electron chi connectivity index (χ2n) is 12.6. The normalized spacial score (nSPS) is 30.2. The lowest BCUT2D eigenvalue weighted by molar-refractivity contribution is -0.365. The van der Waals surface area contributed by atoms with E-state index in [1.165, 1.54) is 0 Å². The molecule has 2 aliphatic rings. The van der Waals surface area contributed by atoms with E-state index >= 15 is 0 Å². The molecule has 4 aromatic rings. The van der Waals surface area contributed by atoms with Crippen LogP contribution in [0.2, 0.25) is 0 Å². The number of aliphatic hydroxyl groups is 2. The Labute approximate surface area is 288 Å². The van der Waals surface area contributed by atoms with Gasteiger partial charge in [-0.05, 0) is 36.1 Å². The second-order valence-corrected chi connectivity index (χ2v) is 12.6. The molecule has 2 heterocycles. The standard InChI is InChI=1S/C40H46O9/c1-27-34(43-23-29-15-7-3-8-16-29)33(41)36(45-25-31-19-11-5-12-20-31)40(48-27)49-37-35(44-24-30-17-9-4-10-18-30)28(2)47-39(42)38(37)46-26-32-21-13-6-14-22-32/h3-22,27-28,33-42H,23-26H2,1-2H3/t27-,28-,33+,34-,35-,36+,37+,38+,39+,40-/m0/s1. The van der Waals surface area contributed by atoms with Gasteiger partial charge in [0.1, 0.15) is 36.6 Å². The first-order chi connectivity index (χ1) is 24.0. The van der Waals surface area contributed by atoms with E-state index in [4.69, 9.17) is 33.2 Å². The Morgan fingerprint density at radius 3 is 1.27 bits per heavy atom. The van der Waals surface area contributed by atoms with Crippen molar-refractivity contribution in [3.05, 3.63) is 144 Å². The molecule has 49 heavy (non-hydrogen) atoms. The van der Waals surface area contributed by atoms with Gasteiger partial charge in [-0.3, -0.25) is 0 Å². The average Bonchev–Trinajstić information content (AvgIpc) is 3.12. The molecule has 2 N–H and O–H groups in total. The van der Waals surface area contributed by atoms with Gasteiger partial charge in [0.05, 0.1) is 38.6 Å². The molecule has 2 saturated heterocycles. The van der Waals surface area contributed by atoms with Crippen molar-refractivity contribution in [1.82, 2.24) is 0 Å². The fourth-order valence-electron chi connectivity index (χ4n) is 6.29. The lowest BCUT2D eigenvalue weighted by atomic mass is 9.96. The fourth-order valence-corrected chi connectivity index (χ4v) is 6.29. The molecule has 260 valence electrons.